The minimum Gasteiger partial charge on any atom is -0.323 e. The first-order valence-corrected chi connectivity index (χ1v) is 2.97. The molecule has 0 fully saturated rings. The predicted octanol–water partition coefficient (Wildman–Crippen LogP) is 2.47. The van der Waals surface area contributed by atoms with E-state index in [1.165, 1.54) is 0 Å². The zero-order valence-corrected chi connectivity index (χ0v) is 7.07. The summed E-state index contributed by atoms with van der Waals surface area (Å²) in [4.78, 5) is 0. The van der Waals surface area contributed by atoms with Crippen LogP contribution in [-0.2, 0) is 0 Å². The van der Waals surface area contributed by atoms with Gasteiger partial charge in [-0.15, -0.1) is 13.2 Å². The molecular formula is C8H21N. The maximum atomic E-state index is 3.36. The average molecular weight is 131 g/mol. The zero-order chi connectivity index (χ0) is 8.12. The highest BCUT2D eigenvalue weighted by molar-refractivity contribution is 4.51. The van der Waals surface area contributed by atoms with Gasteiger partial charge in [0.05, 0.1) is 0 Å². The monoisotopic (exact) mass is 131 g/mol. The lowest BCUT2D eigenvalue weighted by atomic mass is 10.8. The van der Waals surface area contributed by atoms with E-state index in [1.54, 1.807) is 12.2 Å². The summed E-state index contributed by atoms with van der Waals surface area (Å²) in [5.41, 5.74) is 0. The molecule has 0 bridgehead atoms. The summed E-state index contributed by atoms with van der Waals surface area (Å²) >= 11 is 0. The normalized spacial score (nSPS) is 4.89. The number of hydrogen-bond donors (Lipinski definition) is 1. The van der Waals surface area contributed by atoms with Crippen LogP contribution in [0.3, 0.4) is 0 Å². The molecule has 0 unspecified atom stereocenters. The highest BCUT2D eigenvalue weighted by atomic mass is 14.7. The molecule has 0 atom stereocenters. The van der Waals surface area contributed by atoms with E-state index in [2.05, 4.69) is 18.5 Å². The molecule has 1 N–H and O–H groups in total. The minimum absolute atomic E-state index is 0. The van der Waals surface area contributed by atoms with Crippen LogP contribution in [0.4, 0.5) is 0 Å². The molecule has 0 spiro atoms. The molecular weight excluding hydrogens is 110 g/mol. The topological polar surface area (TPSA) is 12.0 Å². The summed E-state index contributed by atoms with van der Waals surface area (Å²) in [6.45, 7) is 10.5. The first-order valence-electron chi connectivity index (χ1n) is 2.97. The molecule has 0 aliphatic rings. The smallest absolute Gasteiger partial charge is 0 e. The van der Waals surface area contributed by atoms with Crippen LogP contribution in [0.5, 0.6) is 0 Å². The second-order valence-corrected chi connectivity index (χ2v) is 1.32. The number of rotatable bonds is 0. The fourth-order valence-corrected chi connectivity index (χ4v) is 0. The van der Waals surface area contributed by atoms with E-state index in [0.717, 1.165) is 0 Å². The van der Waals surface area contributed by atoms with Crippen LogP contribution in [0.1, 0.15) is 15.3 Å². The summed E-state index contributed by atoms with van der Waals surface area (Å²) in [5.74, 6) is 0. The van der Waals surface area contributed by atoms with E-state index in [1.807, 2.05) is 27.9 Å². The maximum Gasteiger partial charge on any atom is 0 e. The van der Waals surface area contributed by atoms with E-state index in [-0.39, 0.29) is 1.43 Å². The lowest BCUT2D eigenvalue weighted by molar-refractivity contribution is 1.02. The molecule has 9 heavy (non-hydrogen) atoms. The van der Waals surface area contributed by atoms with Crippen LogP contribution in [0.2, 0.25) is 0 Å². The van der Waals surface area contributed by atoms with Crippen LogP contribution in [0.15, 0.2) is 25.3 Å². The molecule has 0 saturated heterocycles. The molecule has 1 heteroatoms. The Kier molecular flexibility index (Phi) is 90.9. The van der Waals surface area contributed by atoms with Gasteiger partial charge in [0.1, 0.15) is 0 Å². The van der Waals surface area contributed by atoms with Gasteiger partial charge in [0.2, 0.25) is 0 Å². The summed E-state index contributed by atoms with van der Waals surface area (Å²) in [6, 6.07) is 0. The van der Waals surface area contributed by atoms with Gasteiger partial charge in [-0.3, -0.25) is 0 Å². The van der Waals surface area contributed by atoms with E-state index >= 15 is 0 Å². The van der Waals surface area contributed by atoms with Crippen molar-refractivity contribution in [3.05, 3.63) is 25.3 Å². The van der Waals surface area contributed by atoms with Crippen LogP contribution in [0.25, 0.3) is 0 Å². The Balaban J connectivity index is -0.0000000257. The van der Waals surface area contributed by atoms with Crippen LogP contribution in [-0.4, -0.2) is 14.1 Å². The highest BCUT2D eigenvalue weighted by Gasteiger charge is 1.25. The summed E-state index contributed by atoms with van der Waals surface area (Å²) < 4.78 is 0. The van der Waals surface area contributed by atoms with Gasteiger partial charge in [-0.05, 0) is 27.9 Å². The lowest BCUT2D eigenvalue weighted by Gasteiger charge is -1.59. The molecule has 0 saturated carbocycles. The quantitative estimate of drug-likeness (QED) is 0.498. The number of hydrogen-bond acceptors (Lipinski definition) is 1. The summed E-state index contributed by atoms with van der Waals surface area (Å²) in [7, 11) is 3.75. The van der Waals surface area contributed by atoms with E-state index in [9.17, 15) is 0 Å². The van der Waals surface area contributed by atoms with Gasteiger partial charge in [0.15, 0.2) is 0 Å². The van der Waals surface area contributed by atoms with Crippen LogP contribution < -0.4 is 5.32 Å². The molecule has 0 aromatic rings. The number of nitrogens with one attached hydrogen (secondary N) is 1. The Labute approximate surface area is 61.0 Å². The Hall–Kier alpha value is -0.560. The molecule has 1 nitrogen and oxygen atoms in total. The molecule has 0 aliphatic carbocycles. The summed E-state index contributed by atoms with van der Waals surface area (Å²) in [5, 5.41) is 2.75. The molecule has 0 heterocycles. The fourth-order valence-electron chi connectivity index (χ4n) is 0. The molecule has 0 aromatic carbocycles. The molecule has 58 valence electrons. The van der Waals surface area contributed by atoms with Gasteiger partial charge in [0, 0.05) is 1.43 Å². The first kappa shape index (κ1) is 15.8. The van der Waals surface area contributed by atoms with E-state index in [4.69, 9.17) is 0 Å². The molecule has 0 aliphatic heterocycles. The van der Waals surface area contributed by atoms with E-state index < -0.39 is 0 Å². The summed E-state index contributed by atoms with van der Waals surface area (Å²) in [6.07, 6.45) is 3.50. The van der Waals surface area contributed by atoms with Gasteiger partial charge in [0.25, 0.3) is 0 Å². The van der Waals surface area contributed by atoms with Crippen molar-refractivity contribution < 1.29 is 1.43 Å². The van der Waals surface area contributed by atoms with Crippen molar-refractivity contribution in [3.63, 3.8) is 0 Å². The number of allylic oxidation sites excluding steroid dienone is 2. The average Bonchev–Trinajstić information content (AvgIpc) is 1.70. The fraction of sp³-hybridized carbons (Fsp3) is 0.500. The van der Waals surface area contributed by atoms with Gasteiger partial charge < -0.3 is 5.32 Å². The van der Waals surface area contributed by atoms with Crippen molar-refractivity contribution >= 4 is 0 Å². The Morgan fingerprint density at radius 1 is 1.11 bits per heavy atom. The lowest BCUT2D eigenvalue weighted by Crippen LogP contribution is -1.89. The second-order valence-electron chi connectivity index (χ2n) is 1.32. The largest absolute Gasteiger partial charge is 0.323 e. The third-order valence-corrected chi connectivity index (χ3v) is 0. The zero-order valence-electron chi connectivity index (χ0n) is 7.07. The Bertz CT molecular complexity index is 38.5. The Morgan fingerprint density at radius 2 is 1.11 bits per heavy atom. The van der Waals surface area contributed by atoms with Crippen molar-refractivity contribution in [2.45, 2.75) is 13.8 Å². The van der Waals surface area contributed by atoms with Crippen molar-refractivity contribution in [1.29, 1.82) is 0 Å². The van der Waals surface area contributed by atoms with Gasteiger partial charge in [-0.25, -0.2) is 0 Å². The van der Waals surface area contributed by atoms with Gasteiger partial charge >= 0.3 is 0 Å². The molecule has 0 amide bonds. The van der Waals surface area contributed by atoms with Crippen molar-refractivity contribution in [2.24, 2.45) is 0 Å². The maximum absolute atomic E-state index is 3.36. The third-order valence-electron chi connectivity index (χ3n) is 0. The first-order chi connectivity index (χ1) is 4.24. The van der Waals surface area contributed by atoms with Crippen LogP contribution in [0, 0.1) is 0 Å². The van der Waals surface area contributed by atoms with Gasteiger partial charge in [-0.2, -0.15) is 0 Å². The Morgan fingerprint density at radius 3 is 1.11 bits per heavy atom. The van der Waals surface area contributed by atoms with Gasteiger partial charge in [-0.1, -0.05) is 12.2 Å². The molecule has 0 aromatic heterocycles. The third kappa shape index (κ3) is 702. The predicted molar refractivity (Wildman–Crippen MR) is 48.8 cm³/mol. The van der Waals surface area contributed by atoms with Crippen molar-refractivity contribution in [3.8, 4) is 0 Å². The van der Waals surface area contributed by atoms with E-state index in [0.29, 0.717) is 0 Å². The SMILES string of the molecule is C=CC.C=CC.CNC.[HH]. The minimum atomic E-state index is 0. The molecule has 0 radical (unpaired) electrons. The van der Waals surface area contributed by atoms with Crippen molar-refractivity contribution in [1.82, 2.24) is 5.32 Å². The van der Waals surface area contributed by atoms with Crippen molar-refractivity contribution in [2.75, 3.05) is 14.1 Å². The molecule has 0 rings (SSSR count). The highest BCUT2D eigenvalue weighted by Crippen LogP contribution is 1.38. The standard InChI is InChI=1S/2C3H6.C2H7N.H2/c3*1-3-2;/h2*3H,1H2,2H3;3H,1-2H3;1H. The second kappa shape index (κ2) is 51.8. The van der Waals surface area contributed by atoms with Crippen LogP contribution >= 0.6 is 0 Å².